The molecule has 0 atom stereocenters. The molecule has 23 heavy (non-hydrogen) atoms. The highest BCUT2D eigenvalue weighted by atomic mass is 31.2. The third kappa shape index (κ3) is 6.29. The summed E-state index contributed by atoms with van der Waals surface area (Å²) in [6, 6.07) is 18.2. The van der Waals surface area contributed by atoms with Crippen molar-refractivity contribution in [2.24, 2.45) is 5.84 Å². The number of hydrogen-bond acceptors (Lipinski definition) is 5. The average Bonchev–Trinajstić information content (AvgIpc) is 2.52. The van der Waals surface area contributed by atoms with Crippen molar-refractivity contribution in [1.82, 2.24) is 0 Å². The highest BCUT2D eigenvalue weighted by Crippen LogP contribution is 2.26. The number of hydrazine groups is 1. The maximum Gasteiger partial charge on any atom is 0.466 e. The van der Waals surface area contributed by atoms with Crippen LogP contribution < -0.4 is 10.9 Å². The van der Waals surface area contributed by atoms with Gasteiger partial charge in [0.2, 0.25) is 0 Å². The Kier molecular flexibility index (Phi) is 6.43. The number of hydrogen-bond donors (Lipinski definition) is 4. The molecule has 0 heterocycles. The maximum atomic E-state index is 9.06. The summed E-state index contributed by atoms with van der Waals surface area (Å²) in [5.74, 6) is 5.99. The van der Waals surface area contributed by atoms with Gasteiger partial charge in [-0.25, -0.2) is 10.4 Å². The van der Waals surface area contributed by atoms with Gasteiger partial charge in [-0.15, -0.1) is 0 Å². The highest BCUT2D eigenvalue weighted by molar-refractivity contribution is 7.45. The van der Waals surface area contributed by atoms with Crippen molar-refractivity contribution in [3.8, 4) is 12.1 Å². The van der Waals surface area contributed by atoms with Crippen LogP contribution in [-0.2, 0) is 4.57 Å². The molecular formula is C14H13N4O4P. The van der Waals surface area contributed by atoms with Crippen molar-refractivity contribution in [1.29, 1.82) is 10.5 Å². The van der Waals surface area contributed by atoms with Crippen molar-refractivity contribution >= 4 is 19.2 Å². The lowest BCUT2D eigenvalue weighted by Gasteiger charge is -2.19. The molecule has 0 aliphatic heterocycles. The van der Waals surface area contributed by atoms with E-state index in [1.807, 2.05) is 36.4 Å². The van der Waals surface area contributed by atoms with Crippen LogP contribution in [0.4, 0.5) is 11.4 Å². The van der Waals surface area contributed by atoms with Crippen LogP contribution in [0.3, 0.4) is 0 Å². The van der Waals surface area contributed by atoms with Crippen LogP contribution in [0.25, 0.3) is 0 Å². The van der Waals surface area contributed by atoms with Gasteiger partial charge in [0.05, 0.1) is 28.6 Å². The van der Waals surface area contributed by atoms with Crippen LogP contribution in [0.1, 0.15) is 11.1 Å². The van der Waals surface area contributed by atoms with E-state index in [1.165, 1.54) is 5.01 Å². The fourth-order valence-electron chi connectivity index (χ4n) is 1.62. The Bertz CT molecular complexity index is 784. The van der Waals surface area contributed by atoms with Gasteiger partial charge in [-0.1, -0.05) is 18.2 Å². The summed E-state index contributed by atoms with van der Waals surface area (Å²) in [4.78, 5) is 21.6. The van der Waals surface area contributed by atoms with Crippen molar-refractivity contribution in [3.63, 3.8) is 0 Å². The van der Waals surface area contributed by atoms with Crippen molar-refractivity contribution < 1.29 is 19.2 Å². The molecule has 9 heteroatoms. The number of benzene rings is 2. The molecule has 0 aliphatic carbocycles. The molecule has 2 aromatic rings. The number of nitriles is 2. The maximum absolute atomic E-state index is 9.06. The first-order valence-electron chi connectivity index (χ1n) is 6.08. The minimum absolute atomic E-state index is 0.431. The quantitative estimate of drug-likeness (QED) is 0.366. The molecule has 2 rings (SSSR count). The molecule has 0 aliphatic rings. The largest absolute Gasteiger partial charge is 0.466 e. The Hall–Kier alpha value is -2.71. The Morgan fingerprint density at radius 1 is 1.00 bits per heavy atom. The summed E-state index contributed by atoms with van der Waals surface area (Å²) in [6.45, 7) is 0. The summed E-state index contributed by atoms with van der Waals surface area (Å²) in [6.07, 6.45) is 0. The monoisotopic (exact) mass is 332 g/mol. The predicted molar refractivity (Wildman–Crippen MR) is 82.9 cm³/mol. The zero-order valence-corrected chi connectivity index (χ0v) is 12.6. The van der Waals surface area contributed by atoms with E-state index in [9.17, 15) is 0 Å². The Morgan fingerprint density at radius 3 is 2.04 bits per heavy atom. The fraction of sp³-hybridized carbons (Fsp3) is 0. The highest BCUT2D eigenvalue weighted by Gasteiger charge is 2.10. The molecule has 0 aromatic heterocycles. The Morgan fingerprint density at radius 2 is 1.57 bits per heavy atom. The van der Waals surface area contributed by atoms with Gasteiger partial charge >= 0.3 is 7.82 Å². The topological polar surface area (TPSA) is 155 Å². The summed E-state index contributed by atoms with van der Waals surface area (Å²) in [5, 5.41) is 19.4. The van der Waals surface area contributed by atoms with E-state index < -0.39 is 7.82 Å². The Balaban J connectivity index is 0.000000463. The van der Waals surface area contributed by atoms with E-state index in [0.29, 0.717) is 16.8 Å². The molecule has 0 spiro atoms. The lowest BCUT2D eigenvalue weighted by atomic mass is 10.1. The van der Waals surface area contributed by atoms with Crippen LogP contribution in [0.5, 0.6) is 0 Å². The first kappa shape index (κ1) is 18.3. The third-order valence-corrected chi connectivity index (χ3v) is 2.54. The van der Waals surface area contributed by atoms with E-state index in [1.54, 1.807) is 18.2 Å². The summed E-state index contributed by atoms with van der Waals surface area (Å²) in [7, 11) is -4.64. The van der Waals surface area contributed by atoms with E-state index >= 15 is 0 Å². The van der Waals surface area contributed by atoms with E-state index in [4.69, 9.17) is 35.6 Å². The SMILES string of the molecule is N#Cc1ccc(C#N)c(N(N)c2ccccc2)c1.O=P(O)(O)O. The number of nitrogens with zero attached hydrogens (tertiary/aromatic N) is 3. The number of anilines is 2. The molecule has 118 valence electrons. The molecule has 5 N–H and O–H groups in total. The number of rotatable bonds is 2. The molecule has 2 aromatic carbocycles. The van der Waals surface area contributed by atoms with Crippen molar-refractivity contribution in [3.05, 3.63) is 59.7 Å². The van der Waals surface area contributed by atoms with Crippen LogP contribution in [0.2, 0.25) is 0 Å². The van der Waals surface area contributed by atoms with Gasteiger partial charge in [-0.3, -0.25) is 5.01 Å². The molecule has 0 unspecified atom stereocenters. The molecule has 0 saturated heterocycles. The molecule has 0 fully saturated rings. The van der Waals surface area contributed by atoms with Crippen LogP contribution in [0.15, 0.2) is 48.5 Å². The van der Waals surface area contributed by atoms with Gasteiger partial charge in [0.25, 0.3) is 0 Å². The molecule has 0 amide bonds. The van der Waals surface area contributed by atoms with Crippen LogP contribution in [-0.4, -0.2) is 14.7 Å². The van der Waals surface area contributed by atoms with E-state index in [0.717, 1.165) is 5.69 Å². The van der Waals surface area contributed by atoms with Gasteiger partial charge in [0.15, 0.2) is 0 Å². The normalized spacial score (nSPS) is 9.83. The molecule has 8 nitrogen and oxygen atoms in total. The summed E-state index contributed by atoms with van der Waals surface area (Å²) in [5.41, 5.74) is 2.17. The number of para-hydroxylation sites is 1. The fourth-order valence-corrected chi connectivity index (χ4v) is 1.62. The van der Waals surface area contributed by atoms with E-state index in [-0.39, 0.29) is 0 Å². The molecule has 0 radical (unpaired) electrons. The zero-order chi connectivity index (χ0) is 17.5. The molecular weight excluding hydrogens is 319 g/mol. The summed E-state index contributed by atoms with van der Waals surface area (Å²) >= 11 is 0. The first-order valence-corrected chi connectivity index (χ1v) is 7.65. The second-order valence-corrected chi connectivity index (χ2v) is 5.20. The van der Waals surface area contributed by atoms with Gasteiger partial charge in [0, 0.05) is 0 Å². The number of phosphoric acid groups is 1. The smallest absolute Gasteiger partial charge is 0.303 e. The second-order valence-electron chi connectivity index (χ2n) is 4.17. The minimum atomic E-state index is -4.64. The average molecular weight is 332 g/mol. The standard InChI is InChI=1S/C14H10N4.H3O4P/c15-9-11-6-7-12(10-16)14(8-11)18(17)13-4-2-1-3-5-13;1-5(2,3)4/h1-8H,17H2;(H3,1,2,3,4). The van der Waals surface area contributed by atoms with Gasteiger partial charge in [0.1, 0.15) is 6.07 Å². The van der Waals surface area contributed by atoms with Crippen LogP contribution >= 0.6 is 7.82 Å². The van der Waals surface area contributed by atoms with Crippen molar-refractivity contribution in [2.75, 3.05) is 5.01 Å². The zero-order valence-electron chi connectivity index (χ0n) is 11.7. The third-order valence-electron chi connectivity index (χ3n) is 2.54. The second kappa shape index (κ2) is 8.06. The van der Waals surface area contributed by atoms with Gasteiger partial charge < -0.3 is 14.7 Å². The molecule has 0 bridgehead atoms. The lowest BCUT2D eigenvalue weighted by Crippen LogP contribution is -2.25. The van der Waals surface area contributed by atoms with E-state index in [2.05, 4.69) is 6.07 Å². The Labute approximate surface area is 132 Å². The lowest BCUT2D eigenvalue weighted by molar-refractivity contribution is 0.275. The number of nitrogens with two attached hydrogens (primary N) is 1. The first-order chi connectivity index (χ1) is 10.8. The molecule has 0 saturated carbocycles. The van der Waals surface area contributed by atoms with Crippen LogP contribution in [0, 0.1) is 22.7 Å². The van der Waals surface area contributed by atoms with Gasteiger partial charge in [-0.2, -0.15) is 10.5 Å². The predicted octanol–water partition coefficient (Wildman–Crippen LogP) is 1.51. The minimum Gasteiger partial charge on any atom is -0.303 e. The van der Waals surface area contributed by atoms with Gasteiger partial charge in [-0.05, 0) is 30.3 Å². The van der Waals surface area contributed by atoms with Crippen molar-refractivity contribution in [2.45, 2.75) is 0 Å². The summed E-state index contributed by atoms with van der Waals surface area (Å²) < 4.78 is 8.88.